The number of hydrogen-bond acceptors (Lipinski definition) is 5. The predicted octanol–water partition coefficient (Wildman–Crippen LogP) is 1.49. The molecule has 1 aromatic heterocycles. The smallest absolute Gasteiger partial charge is 0.274 e. The van der Waals surface area contributed by atoms with Gasteiger partial charge in [-0.25, -0.2) is 9.37 Å². The first kappa shape index (κ1) is 18.5. The highest BCUT2D eigenvalue weighted by Crippen LogP contribution is 2.34. The maximum Gasteiger partial charge on any atom is 0.274 e. The van der Waals surface area contributed by atoms with E-state index in [9.17, 15) is 14.0 Å². The summed E-state index contributed by atoms with van der Waals surface area (Å²) in [5.74, 6) is -0.612. The molecule has 2 amide bonds. The van der Waals surface area contributed by atoms with E-state index in [2.05, 4.69) is 9.97 Å². The number of aryl methyl sites for hydroxylation is 1. The average molecular weight is 383 g/mol. The Hall–Kier alpha value is -2.87. The molecule has 2 saturated heterocycles. The van der Waals surface area contributed by atoms with Gasteiger partial charge in [-0.3, -0.25) is 19.5 Å². The predicted molar refractivity (Wildman–Crippen MR) is 101 cm³/mol. The number of amides is 2. The first-order valence-electron chi connectivity index (χ1n) is 9.23. The van der Waals surface area contributed by atoms with Gasteiger partial charge in [0.2, 0.25) is 5.91 Å². The van der Waals surface area contributed by atoms with Crippen LogP contribution in [0.15, 0.2) is 36.7 Å². The number of halogens is 1. The Morgan fingerprint density at radius 1 is 1.21 bits per heavy atom. The van der Waals surface area contributed by atoms with Gasteiger partial charge >= 0.3 is 0 Å². The van der Waals surface area contributed by atoms with Crippen molar-refractivity contribution in [3.63, 3.8) is 0 Å². The van der Waals surface area contributed by atoms with Gasteiger partial charge in [0.1, 0.15) is 11.5 Å². The van der Waals surface area contributed by atoms with Gasteiger partial charge in [0.25, 0.3) is 5.91 Å². The van der Waals surface area contributed by atoms with Crippen LogP contribution in [0.1, 0.15) is 22.6 Å². The van der Waals surface area contributed by atoms with E-state index in [4.69, 9.17) is 0 Å². The number of rotatable bonds is 2. The number of hydrogen-bond donors (Lipinski definition) is 0. The molecule has 146 valence electrons. The Morgan fingerprint density at radius 2 is 2.04 bits per heavy atom. The molecular formula is C20H22FN5O2. The number of anilines is 1. The van der Waals surface area contributed by atoms with E-state index in [1.165, 1.54) is 18.3 Å². The number of nitrogens with zero attached hydrogens (tertiary/aromatic N) is 5. The molecule has 0 saturated carbocycles. The minimum Gasteiger partial charge on any atom is -0.335 e. The van der Waals surface area contributed by atoms with E-state index < -0.39 is 0 Å². The van der Waals surface area contributed by atoms with Crippen LogP contribution < -0.4 is 4.90 Å². The lowest BCUT2D eigenvalue weighted by Crippen LogP contribution is -2.64. The number of likely N-dealkylation sites (tertiary alicyclic amines) is 1. The normalized spacial score (nSPS) is 22.9. The van der Waals surface area contributed by atoms with Crippen molar-refractivity contribution >= 4 is 17.5 Å². The molecule has 3 heterocycles. The van der Waals surface area contributed by atoms with E-state index in [1.807, 2.05) is 18.9 Å². The molecular weight excluding hydrogens is 361 g/mol. The van der Waals surface area contributed by atoms with E-state index in [0.29, 0.717) is 31.0 Å². The number of benzene rings is 1. The highest BCUT2D eigenvalue weighted by molar-refractivity contribution is 5.96. The summed E-state index contributed by atoms with van der Waals surface area (Å²) in [4.78, 5) is 39.2. The maximum atomic E-state index is 13.7. The monoisotopic (exact) mass is 383 g/mol. The summed E-state index contributed by atoms with van der Waals surface area (Å²) in [7, 11) is 1.90. The van der Waals surface area contributed by atoms with E-state index in [0.717, 1.165) is 12.1 Å². The lowest BCUT2D eigenvalue weighted by Gasteiger charge is -2.46. The van der Waals surface area contributed by atoms with Crippen molar-refractivity contribution in [2.75, 3.05) is 38.1 Å². The second kappa shape index (κ2) is 6.94. The van der Waals surface area contributed by atoms with Crippen LogP contribution in [-0.2, 0) is 4.79 Å². The first-order valence-corrected chi connectivity index (χ1v) is 9.23. The third kappa shape index (κ3) is 3.24. The Labute approximate surface area is 162 Å². The lowest BCUT2D eigenvalue weighted by molar-refractivity contribution is -0.123. The van der Waals surface area contributed by atoms with Gasteiger partial charge in [0, 0.05) is 31.5 Å². The summed E-state index contributed by atoms with van der Waals surface area (Å²) >= 11 is 0. The number of carbonyl (C=O) groups is 2. The summed E-state index contributed by atoms with van der Waals surface area (Å²) in [6.45, 7) is 3.51. The van der Waals surface area contributed by atoms with Gasteiger partial charge in [-0.2, -0.15) is 0 Å². The van der Waals surface area contributed by atoms with Crippen molar-refractivity contribution in [1.82, 2.24) is 19.8 Å². The molecule has 0 N–H and O–H groups in total. The minimum atomic E-state index is -0.376. The Balaban J connectivity index is 1.56. The molecule has 0 bridgehead atoms. The number of piperazine rings is 1. The van der Waals surface area contributed by atoms with Gasteiger partial charge in [-0.1, -0.05) is 6.07 Å². The van der Waals surface area contributed by atoms with Crippen LogP contribution in [0.2, 0.25) is 0 Å². The molecule has 1 atom stereocenters. The second-order valence-corrected chi connectivity index (χ2v) is 7.56. The number of carbonyl (C=O) groups excluding carboxylic acids is 2. The Morgan fingerprint density at radius 3 is 2.75 bits per heavy atom. The highest BCUT2D eigenvalue weighted by atomic mass is 19.1. The van der Waals surface area contributed by atoms with Crippen LogP contribution >= 0.6 is 0 Å². The van der Waals surface area contributed by atoms with Crippen molar-refractivity contribution in [2.24, 2.45) is 0 Å². The largest absolute Gasteiger partial charge is 0.335 e. The third-order valence-corrected chi connectivity index (χ3v) is 5.68. The van der Waals surface area contributed by atoms with Crippen molar-refractivity contribution in [3.05, 3.63) is 53.9 Å². The van der Waals surface area contributed by atoms with Crippen LogP contribution in [-0.4, -0.2) is 70.3 Å². The molecule has 0 unspecified atom stereocenters. The van der Waals surface area contributed by atoms with Gasteiger partial charge < -0.3 is 9.80 Å². The van der Waals surface area contributed by atoms with Gasteiger partial charge in [-0.15, -0.1) is 0 Å². The van der Waals surface area contributed by atoms with E-state index >= 15 is 0 Å². The lowest BCUT2D eigenvalue weighted by atomic mass is 9.92. The van der Waals surface area contributed by atoms with Crippen LogP contribution in [0.25, 0.3) is 0 Å². The summed E-state index contributed by atoms with van der Waals surface area (Å²) < 4.78 is 13.7. The highest BCUT2D eigenvalue weighted by Gasteiger charge is 2.48. The number of likely N-dealkylation sites (N-methyl/N-ethyl adjacent to an activating group) is 1. The average Bonchev–Trinajstić information content (AvgIpc) is 3.10. The topological polar surface area (TPSA) is 69.6 Å². The zero-order valence-corrected chi connectivity index (χ0v) is 15.9. The fourth-order valence-electron chi connectivity index (χ4n) is 3.97. The molecule has 28 heavy (non-hydrogen) atoms. The molecule has 7 nitrogen and oxygen atoms in total. The second-order valence-electron chi connectivity index (χ2n) is 7.56. The van der Waals surface area contributed by atoms with Crippen molar-refractivity contribution in [1.29, 1.82) is 0 Å². The van der Waals surface area contributed by atoms with E-state index in [-0.39, 0.29) is 29.7 Å². The molecule has 1 spiro atoms. The molecule has 2 aliphatic rings. The van der Waals surface area contributed by atoms with Crippen LogP contribution in [0.5, 0.6) is 0 Å². The van der Waals surface area contributed by atoms with Crippen molar-refractivity contribution in [3.8, 4) is 0 Å². The van der Waals surface area contributed by atoms with Gasteiger partial charge in [0.05, 0.1) is 24.0 Å². The molecule has 8 heteroatoms. The van der Waals surface area contributed by atoms with Crippen molar-refractivity contribution in [2.45, 2.75) is 18.9 Å². The summed E-state index contributed by atoms with van der Waals surface area (Å²) in [6.07, 6.45) is 3.81. The standard InChI is InChI=1S/C20H22FN5O2/c1-14-9-23-17(10-22-14)19(28)25-7-6-20(12-25)13-26(18(27)11-24(20)2)16-5-3-4-15(21)8-16/h3-5,8-10H,6-7,11-13H2,1-2H3/t20-/m1/s1. The SMILES string of the molecule is Cc1cnc(C(=O)N2CC[C@@]3(C2)CN(c2cccc(F)c2)C(=O)CN3C)cn1. The van der Waals surface area contributed by atoms with Crippen LogP contribution in [0.4, 0.5) is 10.1 Å². The molecule has 2 aromatic rings. The third-order valence-electron chi connectivity index (χ3n) is 5.68. The summed E-state index contributed by atoms with van der Waals surface area (Å²) in [5, 5.41) is 0. The summed E-state index contributed by atoms with van der Waals surface area (Å²) in [5.41, 5.74) is 1.25. The minimum absolute atomic E-state index is 0.0760. The summed E-state index contributed by atoms with van der Waals surface area (Å²) in [6, 6.07) is 6.07. The molecule has 2 fully saturated rings. The molecule has 0 aliphatic carbocycles. The van der Waals surface area contributed by atoms with E-state index in [1.54, 1.807) is 28.1 Å². The quantitative estimate of drug-likeness (QED) is 0.786. The Kier molecular flexibility index (Phi) is 4.58. The van der Waals surface area contributed by atoms with Crippen LogP contribution in [0, 0.1) is 12.7 Å². The molecule has 2 aliphatic heterocycles. The van der Waals surface area contributed by atoms with Crippen LogP contribution in [0.3, 0.4) is 0 Å². The Bertz CT molecular complexity index is 919. The zero-order valence-electron chi connectivity index (χ0n) is 15.9. The zero-order chi connectivity index (χ0) is 19.9. The first-order chi connectivity index (χ1) is 13.4. The van der Waals surface area contributed by atoms with Gasteiger partial charge in [0.15, 0.2) is 0 Å². The maximum absolute atomic E-state index is 13.7. The fraction of sp³-hybridized carbons (Fsp3) is 0.400. The van der Waals surface area contributed by atoms with Crippen molar-refractivity contribution < 1.29 is 14.0 Å². The number of aromatic nitrogens is 2. The molecule has 0 radical (unpaired) electrons. The fourth-order valence-corrected chi connectivity index (χ4v) is 3.97. The van der Waals surface area contributed by atoms with Gasteiger partial charge in [-0.05, 0) is 38.6 Å². The molecule has 1 aromatic carbocycles. The molecule has 4 rings (SSSR count).